The molecule has 0 bridgehead atoms. The van der Waals surface area contributed by atoms with Gasteiger partial charge in [0, 0.05) is 0 Å². The van der Waals surface area contributed by atoms with E-state index in [1.807, 2.05) is 121 Å². The van der Waals surface area contributed by atoms with E-state index in [9.17, 15) is 14.7 Å². The molecule has 0 unspecified atom stereocenters. The molecule has 0 aromatic heterocycles. The number of carbonyl (C=O) groups excluding carboxylic acids is 1. The Kier molecular flexibility index (Phi) is 18.1. The Morgan fingerprint density at radius 3 is 1.45 bits per heavy atom. The van der Waals surface area contributed by atoms with Gasteiger partial charge in [-0.1, -0.05) is 121 Å². The summed E-state index contributed by atoms with van der Waals surface area (Å²) in [5, 5.41) is 12.4. The number of benzene rings is 4. The summed E-state index contributed by atoms with van der Waals surface area (Å²) in [6, 6.07) is 36.7. The van der Waals surface area contributed by atoms with Gasteiger partial charge in [-0.15, -0.1) is 0 Å². The van der Waals surface area contributed by atoms with E-state index in [0.29, 0.717) is 0 Å². The minimum Gasteiger partial charge on any atom is -0.480 e. The van der Waals surface area contributed by atoms with Crippen LogP contribution in [0.15, 0.2) is 121 Å². The molecule has 14 nitrogen and oxygen atoms in total. The smallest absolute Gasteiger partial charge is 0.408 e. The zero-order valence-electron chi connectivity index (χ0n) is 33.0. The summed E-state index contributed by atoms with van der Waals surface area (Å²) < 4.78 is 11.9. The molecule has 1 aliphatic rings. The first-order valence-electron chi connectivity index (χ1n) is 19.3. The summed E-state index contributed by atoms with van der Waals surface area (Å²) >= 11 is 0. The normalized spacial score (nSPS) is 19.9. The number of carboxylic acid groups (broad SMARTS) is 1. The van der Waals surface area contributed by atoms with Gasteiger partial charge in [0.1, 0.15) is 50.8 Å². The van der Waals surface area contributed by atoms with Gasteiger partial charge in [0.05, 0.1) is 6.10 Å². The van der Waals surface area contributed by atoms with E-state index in [2.05, 4.69) is 5.32 Å². The van der Waals surface area contributed by atoms with Crippen molar-refractivity contribution in [3.8, 4) is 0 Å². The average molecular weight is 804 g/mol. The van der Waals surface area contributed by atoms with Crippen molar-refractivity contribution in [3.05, 3.63) is 144 Å². The van der Waals surface area contributed by atoms with Crippen molar-refractivity contribution in [2.24, 2.45) is 0 Å². The fraction of sp³-hybridized carbons (Fsp3) is 0.409. The molecule has 1 saturated heterocycles. The quantitative estimate of drug-likeness (QED) is 0.0429. The van der Waals surface area contributed by atoms with E-state index in [1.165, 1.54) is 0 Å². The number of aliphatic carboxylic acids is 1. The number of carbonyl (C=O) groups is 2. The van der Waals surface area contributed by atoms with Crippen molar-refractivity contribution in [1.82, 2.24) is 5.32 Å². The number of nitrogens with one attached hydrogen (secondary N) is 1. The number of alkyl carbamates (subject to hydrolysis) is 1. The van der Waals surface area contributed by atoms with Crippen LogP contribution in [0.3, 0.4) is 0 Å². The summed E-state index contributed by atoms with van der Waals surface area (Å²) in [4.78, 5) is 71.9. The molecule has 0 radical (unpaired) electrons. The summed E-state index contributed by atoms with van der Waals surface area (Å²) in [6.07, 6.45) is -5.05. The van der Waals surface area contributed by atoms with Crippen LogP contribution in [0.1, 0.15) is 62.3 Å². The SMILES string of the molecule is CC(C)(C)OC(=O)N[C@@H](CCC[C@@H]1O[C@H](COOCc2ccccc2)[C@@H](OOCc2ccccc2)[C@H](OOCc2ccccc2)[C@@H]1OOCc1ccccc1)C(=O)O. The Morgan fingerprint density at radius 1 is 0.603 bits per heavy atom. The van der Waals surface area contributed by atoms with Crippen molar-refractivity contribution in [2.45, 2.75) is 109 Å². The molecule has 1 aliphatic heterocycles. The highest BCUT2D eigenvalue weighted by Gasteiger charge is 2.51. The van der Waals surface area contributed by atoms with Crippen molar-refractivity contribution in [2.75, 3.05) is 6.61 Å². The molecule has 4 aromatic rings. The van der Waals surface area contributed by atoms with Crippen LogP contribution in [0.4, 0.5) is 4.79 Å². The van der Waals surface area contributed by atoms with Gasteiger partial charge < -0.3 is 19.9 Å². The van der Waals surface area contributed by atoms with Gasteiger partial charge in [-0.05, 0) is 62.3 Å². The van der Waals surface area contributed by atoms with E-state index < -0.39 is 54.2 Å². The first-order valence-corrected chi connectivity index (χ1v) is 19.3. The lowest BCUT2D eigenvalue weighted by Gasteiger charge is -2.43. The second-order valence-corrected chi connectivity index (χ2v) is 14.6. The number of carboxylic acids is 1. The molecule has 2 N–H and O–H groups in total. The van der Waals surface area contributed by atoms with Gasteiger partial charge in [-0.2, -0.15) is 0 Å². The van der Waals surface area contributed by atoms with Crippen LogP contribution in [0, 0.1) is 0 Å². The molecule has 14 heteroatoms. The third kappa shape index (κ3) is 15.5. The minimum absolute atomic E-state index is 0.0452. The van der Waals surface area contributed by atoms with Gasteiger partial charge in [-0.25, -0.2) is 48.7 Å². The maximum absolute atomic E-state index is 12.5. The van der Waals surface area contributed by atoms with Crippen LogP contribution in [0.25, 0.3) is 0 Å². The standard InChI is InChI=1S/C44H53NO13/c1-44(2,3)55-43(48)45-36(42(46)47)25-16-26-37-39(56-51-28-33-19-10-5-11-20-33)41(58-53-30-35-23-14-7-15-24-35)40(57-52-29-34-21-12-6-13-22-34)38(54-37)31-50-49-27-32-17-8-4-9-18-32/h4-15,17-24,36-41H,16,25-31H2,1-3H3,(H,45,48)(H,46,47)/t36-,37-,38+,39+,40+,41+/m0/s1. The second kappa shape index (κ2) is 23.6. The Hall–Kier alpha value is -4.74. The number of amides is 1. The van der Waals surface area contributed by atoms with Gasteiger partial charge >= 0.3 is 12.1 Å². The van der Waals surface area contributed by atoms with Crippen LogP contribution in [-0.2, 0) is 79.8 Å². The molecule has 1 heterocycles. The van der Waals surface area contributed by atoms with Gasteiger partial charge in [0.2, 0.25) is 0 Å². The summed E-state index contributed by atoms with van der Waals surface area (Å²) in [5.74, 6) is -1.21. The highest BCUT2D eigenvalue weighted by molar-refractivity contribution is 5.79. The highest BCUT2D eigenvalue weighted by Crippen LogP contribution is 2.32. The maximum atomic E-state index is 12.5. The van der Waals surface area contributed by atoms with E-state index in [1.54, 1.807) is 20.8 Å². The molecule has 1 amide bonds. The van der Waals surface area contributed by atoms with Crippen LogP contribution < -0.4 is 5.32 Å². The summed E-state index contributed by atoms with van der Waals surface area (Å²) in [6.45, 7) is 5.43. The predicted octanol–water partition coefficient (Wildman–Crippen LogP) is 7.60. The first kappa shape index (κ1) is 44.4. The van der Waals surface area contributed by atoms with E-state index in [-0.39, 0.29) is 52.3 Å². The zero-order chi connectivity index (χ0) is 41.0. The lowest BCUT2D eigenvalue weighted by atomic mass is 9.92. The van der Waals surface area contributed by atoms with Crippen molar-refractivity contribution >= 4 is 12.1 Å². The Balaban J connectivity index is 1.38. The van der Waals surface area contributed by atoms with Crippen molar-refractivity contribution in [3.63, 3.8) is 0 Å². The number of hydrogen-bond acceptors (Lipinski definition) is 12. The molecule has 6 atom stereocenters. The predicted molar refractivity (Wildman–Crippen MR) is 209 cm³/mol. The van der Waals surface area contributed by atoms with Crippen molar-refractivity contribution in [1.29, 1.82) is 0 Å². The Bertz CT molecular complexity index is 1750. The highest BCUT2D eigenvalue weighted by atomic mass is 17.2. The fourth-order valence-electron chi connectivity index (χ4n) is 5.99. The third-order valence-corrected chi connectivity index (χ3v) is 8.83. The van der Waals surface area contributed by atoms with E-state index in [0.717, 1.165) is 22.3 Å². The van der Waals surface area contributed by atoms with E-state index in [4.69, 9.17) is 48.6 Å². The monoisotopic (exact) mass is 803 g/mol. The molecular formula is C44H53NO13. The Labute approximate surface area is 338 Å². The molecule has 5 rings (SSSR count). The maximum Gasteiger partial charge on any atom is 0.408 e. The molecule has 1 fully saturated rings. The van der Waals surface area contributed by atoms with Crippen LogP contribution in [-0.4, -0.2) is 65.9 Å². The van der Waals surface area contributed by atoms with Gasteiger partial charge in [0.15, 0.2) is 18.3 Å². The molecular weight excluding hydrogens is 750 g/mol. The fourth-order valence-corrected chi connectivity index (χ4v) is 5.99. The lowest BCUT2D eigenvalue weighted by Crippen LogP contribution is -2.61. The molecule has 0 aliphatic carbocycles. The summed E-state index contributed by atoms with van der Waals surface area (Å²) in [7, 11) is 0. The number of rotatable bonds is 23. The van der Waals surface area contributed by atoms with Gasteiger partial charge in [-0.3, -0.25) is 0 Å². The van der Waals surface area contributed by atoms with Crippen LogP contribution in [0.2, 0.25) is 0 Å². The third-order valence-electron chi connectivity index (χ3n) is 8.83. The second-order valence-electron chi connectivity index (χ2n) is 14.6. The number of ether oxygens (including phenoxy) is 2. The molecule has 0 saturated carbocycles. The molecule has 312 valence electrons. The minimum atomic E-state index is -1.23. The molecule has 58 heavy (non-hydrogen) atoms. The topological polar surface area (TPSA) is 159 Å². The molecule has 0 spiro atoms. The Morgan fingerprint density at radius 2 is 1.02 bits per heavy atom. The lowest BCUT2D eigenvalue weighted by molar-refractivity contribution is -0.471. The molecule has 4 aromatic carbocycles. The first-order chi connectivity index (χ1) is 28.1. The van der Waals surface area contributed by atoms with Crippen LogP contribution >= 0.6 is 0 Å². The van der Waals surface area contributed by atoms with E-state index >= 15 is 0 Å². The van der Waals surface area contributed by atoms with Crippen molar-refractivity contribution < 1.29 is 63.3 Å². The number of hydrogen-bond donors (Lipinski definition) is 2. The zero-order valence-corrected chi connectivity index (χ0v) is 33.0. The largest absolute Gasteiger partial charge is 0.480 e. The van der Waals surface area contributed by atoms with Crippen LogP contribution in [0.5, 0.6) is 0 Å². The van der Waals surface area contributed by atoms with Gasteiger partial charge in [0.25, 0.3) is 0 Å². The average Bonchev–Trinajstić information content (AvgIpc) is 3.21. The summed E-state index contributed by atoms with van der Waals surface area (Å²) in [5.41, 5.74) is 2.66.